The summed E-state index contributed by atoms with van der Waals surface area (Å²) in [5.74, 6) is 0. The van der Waals surface area contributed by atoms with E-state index in [2.05, 4.69) is 9.97 Å². The Morgan fingerprint density at radius 1 is 0.970 bits per heavy atom. The first-order valence-corrected chi connectivity index (χ1v) is 11.2. The summed E-state index contributed by atoms with van der Waals surface area (Å²) in [5.41, 5.74) is 3.28. The van der Waals surface area contributed by atoms with Gasteiger partial charge in [-0.05, 0) is 11.1 Å². The summed E-state index contributed by atoms with van der Waals surface area (Å²) in [6.07, 6.45) is 2.40. The van der Waals surface area contributed by atoms with Gasteiger partial charge in [-0.2, -0.15) is 0 Å². The Morgan fingerprint density at radius 3 is 2.39 bits per heavy atom. The lowest BCUT2D eigenvalue weighted by atomic mass is 10.1. The van der Waals surface area contributed by atoms with Gasteiger partial charge in [0.05, 0.1) is 31.7 Å². The topological polar surface area (TPSA) is 78.1 Å². The van der Waals surface area contributed by atoms with E-state index in [1.165, 1.54) is 0 Å². The Bertz CT molecular complexity index is 1190. The molecule has 5 rings (SSSR count). The predicted molar refractivity (Wildman–Crippen MR) is 123 cm³/mol. The van der Waals surface area contributed by atoms with Crippen molar-refractivity contribution in [3.63, 3.8) is 0 Å². The molecule has 0 radical (unpaired) electrons. The van der Waals surface area contributed by atoms with Crippen LogP contribution >= 0.6 is 11.6 Å². The maximum absolute atomic E-state index is 11.2. The van der Waals surface area contributed by atoms with Crippen molar-refractivity contribution in [1.82, 2.24) is 14.4 Å². The molecule has 7 nitrogen and oxygen atoms in total. The van der Waals surface area contributed by atoms with Gasteiger partial charge < -0.3 is 19.3 Å². The molecule has 4 aromatic rings. The highest BCUT2D eigenvalue weighted by Crippen LogP contribution is 2.36. The van der Waals surface area contributed by atoms with E-state index in [0.717, 1.165) is 11.1 Å². The molecule has 1 saturated heterocycles. The van der Waals surface area contributed by atoms with E-state index in [-0.39, 0.29) is 11.8 Å². The number of ether oxygens (including phenoxy) is 3. The van der Waals surface area contributed by atoms with Crippen LogP contribution in [0.25, 0.3) is 5.65 Å². The minimum Gasteiger partial charge on any atom is -0.387 e. The van der Waals surface area contributed by atoms with Crippen molar-refractivity contribution in [3.8, 4) is 0 Å². The van der Waals surface area contributed by atoms with Gasteiger partial charge in [0.15, 0.2) is 10.8 Å². The van der Waals surface area contributed by atoms with E-state index in [1.807, 2.05) is 60.7 Å². The van der Waals surface area contributed by atoms with Gasteiger partial charge in [0.25, 0.3) is 0 Å². The van der Waals surface area contributed by atoms with Gasteiger partial charge in [-0.25, -0.2) is 9.97 Å². The summed E-state index contributed by atoms with van der Waals surface area (Å²) in [6.45, 7) is 1.08. The number of hydrogen-bond acceptors (Lipinski definition) is 6. The molecule has 0 spiro atoms. The number of benzene rings is 2. The number of aliphatic hydroxyl groups excluding tert-OH is 1. The molecule has 0 amide bonds. The summed E-state index contributed by atoms with van der Waals surface area (Å²) in [4.78, 5) is 8.41. The van der Waals surface area contributed by atoms with Crippen LogP contribution in [0.15, 0.2) is 79.3 Å². The van der Waals surface area contributed by atoms with Gasteiger partial charge in [0.1, 0.15) is 24.4 Å². The van der Waals surface area contributed by atoms with Crippen molar-refractivity contribution in [1.29, 1.82) is 0 Å². The van der Waals surface area contributed by atoms with E-state index in [0.29, 0.717) is 24.6 Å². The van der Waals surface area contributed by atoms with Crippen molar-refractivity contribution >= 4 is 17.2 Å². The average molecular weight is 466 g/mol. The maximum Gasteiger partial charge on any atom is 0.175 e. The normalized spacial score (nSPS) is 22.7. The maximum atomic E-state index is 11.2. The number of imidazole rings is 1. The van der Waals surface area contributed by atoms with Crippen molar-refractivity contribution in [2.24, 2.45) is 0 Å². The van der Waals surface area contributed by atoms with Crippen molar-refractivity contribution < 1.29 is 19.3 Å². The Labute approximate surface area is 196 Å². The standard InChI is InChI=1S/C25H24ClN3O4/c26-24-25-28-13-19(29(25)12-11-27-24)22-21(30)23(32-15-18-9-5-2-6-10-18)20(33-22)16-31-14-17-7-3-1-4-8-17/h1-13,20-23,30H,14-16H2/t20-,21+,22?,23-/m1/s1. The molecule has 0 saturated carbocycles. The lowest BCUT2D eigenvalue weighted by Gasteiger charge is -2.21. The Morgan fingerprint density at radius 2 is 1.67 bits per heavy atom. The van der Waals surface area contributed by atoms with Gasteiger partial charge in [-0.1, -0.05) is 72.3 Å². The van der Waals surface area contributed by atoms with E-state index in [4.69, 9.17) is 25.8 Å². The SMILES string of the molecule is O[C@H]1C(c2cnc3c(Cl)nccn23)O[C@H](COCc2ccccc2)[C@H]1OCc1ccccc1. The zero-order valence-corrected chi connectivity index (χ0v) is 18.6. The second-order valence-corrected chi connectivity index (χ2v) is 8.30. The fourth-order valence-corrected chi connectivity index (χ4v) is 4.27. The fraction of sp³-hybridized carbons (Fsp3) is 0.280. The summed E-state index contributed by atoms with van der Waals surface area (Å²) in [7, 11) is 0. The monoisotopic (exact) mass is 465 g/mol. The largest absolute Gasteiger partial charge is 0.387 e. The highest BCUT2D eigenvalue weighted by molar-refractivity contribution is 6.32. The molecule has 4 atom stereocenters. The van der Waals surface area contributed by atoms with Crippen LogP contribution < -0.4 is 0 Å². The average Bonchev–Trinajstić information content (AvgIpc) is 3.41. The number of rotatable bonds is 8. The van der Waals surface area contributed by atoms with Crippen LogP contribution in [0.3, 0.4) is 0 Å². The molecule has 1 aliphatic rings. The third-order valence-corrected chi connectivity index (χ3v) is 5.99. The minimum atomic E-state index is -0.911. The van der Waals surface area contributed by atoms with Crippen LogP contribution in [0.2, 0.25) is 5.15 Å². The molecule has 0 bridgehead atoms. The summed E-state index contributed by atoms with van der Waals surface area (Å²) >= 11 is 6.17. The van der Waals surface area contributed by atoms with Crippen molar-refractivity contribution in [2.45, 2.75) is 37.6 Å². The molecule has 2 aromatic carbocycles. The second-order valence-electron chi connectivity index (χ2n) is 7.94. The van der Waals surface area contributed by atoms with Crippen molar-refractivity contribution in [3.05, 3.63) is 101 Å². The van der Waals surface area contributed by atoms with Crippen LogP contribution in [0.4, 0.5) is 0 Å². The van der Waals surface area contributed by atoms with E-state index in [1.54, 1.807) is 23.0 Å². The van der Waals surface area contributed by atoms with Gasteiger partial charge in [0.2, 0.25) is 0 Å². The summed E-state index contributed by atoms with van der Waals surface area (Å²) in [6, 6.07) is 19.8. The minimum absolute atomic E-state index is 0.279. The molecule has 8 heteroatoms. The molecule has 170 valence electrons. The molecule has 1 fully saturated rings. The number of fused-ring (bicyclic) bond motifs is 1. The quantitative estimate of drug-likeness (QED) is 0.424. The van der Waals surface area contributed by atoms with Crippen molar-refractivity contribution in [2.75, 3.05) is 6.61 Å². The lowest BCUT2D eigenvalue weighted by Crippen LogP contribution is -2.36. The first-order valence-electron chi connectivity index (χ1n) is 10.8. The molecule has 0 aliphatic carbocycles. The van der Waals surface area contributed by atoms with Gasteiger partial charge in [-0.15, -0.1) is 0 Å². The van der Waals surface area contributed by atoms with Crippen LogP contribution in [0, 0.1) is 0 Å². The molecule has 1 unspecified atom stereocenters. The van der Waals surface area contributed by atoms with E-state index in [9.17, 15) is 5.11 Å². The molecule has 1 N–H and O–H groups in total. The highest BCUT2D eigenvalue weighted by atomic mass is 35.5. The number of aliphatic hydroxyl groups is 1. The summed E-state index contributed by atoms with van der Waals surface area (Å²) < 4.78 is 20.2. The molecule has 1 aliphatic heterocycles. The molecule has 2 aromatic heterocycles. The van der Waals surface area contributed by atoms with Crippen LogP contribution in [0.5, 0.6) is 0 Å². The lowest BCUT2D eigenvalue weighted by molar-refractivity contribution is -0.0771. The second kappa shape index (κ2) is 9.99. The highest BCUT2D eigenvalue weighted by Gasteiger charge is 2.46. The number of aromatic nitrogens is 3. The van der Waals surface area contributed by atoms with Gasteiger partial charge in [-0.3, -0.25) is 4.40 Å². The summed E-state index contributed by atoms with van der Waals surface area (Å²) in [5, 5.41) is 11.5. The first kappa shape index (κ1) is 22.0. The third-order valence-electron chi connectivity index (χ3n) is 5.72. The fourth-order valence-electron chi connectivity index (χ4n) is 4.07. The molecular formula is C25H24ClN3O4. The zero-order chi connectivity index (χ0) is 22.6. The number of halogens is 1. The first-order chi connectivity index (χ1) is 16.2. The predicted octanol–water partition coefficient (Wildman–Crippen LogP) is 3.99. The van der Waals surface area contributed by atoms with Gasteiger partial charge >= 0.3 is 0 Å². The number of nitrogens with zero attached hydrogens (tertiary/aromatic N) is 3. The van der Waals surface area contributed by atoms with Gasteiger partial charge in [0, 0.05) is 12.4 Å². The Balaban J connectivity index is 1.35. The zero-order valence-electron chi connectivity index (χ0n) is 17.8. The Hall–Kier alpha value is -2.81. The van der Waals surface area contributed by atoms with Crippen LogP contribution in [-0.4, -0.2) is 44.4 Å². The van der Waals surface area contributed by atoms with Crippen LogP contribution in [0.1, 0.15) is 22.9 Å². The van der Waals surface area contributed by atoms with E-state index < -0.39 is 24.4 Å². The molecule has 33 heavy (non-hydrogen) atoms. The number of hydrogen-bond donors (Lipinski definition) is 1. The smallest absolute Gasteiger partial charge is 0.175 e. The molecule has 3 heterocycles. The van der Waals surface area contributed by atoms with E-state index >= 15 is 0 Å². The Kier molecular flexibility index (Phi) is 6.66. The third kappa shape index (κ3) is 4.78. The van der Waals surface area contributed by atoms with Crippen LogP contribution in [-0.2, 0) is 27.4 Å². The molecular weight excluding hydrogens is 442 g/mol.